The van der Waals surface area contributed by atoms with E-state index in [1.807, 2.05) is 41.8 Å². The van der Waals surface area contributed by atoms with Crippen molar-refractivity contribution in [2.75, 3.05) is 5.32 Å². The highest BCUT2D eigenvalue weighted by atomic mass is 32.1. The molecule has 0 radical (unpaired) electrons. The first kappa shape index (κ1) is 16.4. The Morgan fingerprint density at radius 2 is 1.92 bits per heavy atom. The molecule has 5 heteroatoms. The van der Waals surface area contributed by atoms with E-state index in [4.69, 9.17) is 0 Å². The molecule has 0 spiro atoms. The van der Waals surface area contributed by atoms with Crippen molar-refractivity contribution in [3.05, 3.63) is 83.0 Å². The van der Waals surface area contributed by atoms with Crippen LogP contribution >= 0.6 is 11.3 Å². The largest absolute Gasteiger partial charge is 0.322 e. The number of carbonyl (C=O) groups is 1. The second-order valence-electron chi connectivity index (χ2n) is 5.97. The summed E-state index contributed by atoms with van der Waals surface area (Å²) in [5.74, 6) is -0.633. The minimum atomic E-state index is -0.346. The van der Waals surface area contributed by atoms with Gasteiger partial charge in [-0.1, -0.05) is 30.3 Å². The Morgan fingerprint density at radius 3 is 2.69 bits per heavy atom. The predicted octanol–water partition coefficient (Wildman–Crippen LogP) is 5.66. The average molecular weight is 362 g/mol. The summed E-state index contributed by atoms with van der Waals surface area (Å²) in [4.78, 5) is 18.5. The molecule has 3 nitrogen and oxygen atoms in total. The summed E-state index contributed by atoms with van der Waals surface area (Å²) in [6.07, 6.45) is 0. The summed E-state index contributed by atoms with van der Waals surface area (Å²) in [5, 5.41) is 5.52. The fourth-order valence-electron chi connectivity index (χ4n) is 2.78. The van der Waals surface area contributed by atoms with E-state index in [0.717, 1.165) is 21.5 Å². The number of nitrogens with one attached hydrogen (secondary N) is 1. The Morgan fingerprint density at radius 1 is 1.08 bits per heavy atom. The van der Waals surface area contributed by atoms with E-state index < -0.39 is 0 Å². The maximum Gasteiger partial charge on any atom is 0.256 e. The quantitative estimate of drug-likeness (QED) is 0.511. The summed E-state index contributed by atoms with van der Waals surface area (Å²) in [6, 6.07) is 17.9. The number of halogens is 1. The van der Waals surface area contributed by atoms with E-state index in [1.54, 1.807) is 36.5 Å². The Hall–Kier alpha value is -3.05. The van der Waals surface area contributed by atoms with Gasteiger partial charge in [-0.15, -0.1) is 11.3 Å². The molecular weight excluding hydrogens is 347 g/mol. The number of hydrogen-bond donors (Lipinski definition) is 1. The summed E-state index contributed by atoms with van der Waals surface area (Å²) in [5.41, 5.74) is 2.98. The van der Waals surface area contributed by atoms with Gasteiger partial charge in [0.25, 0.3) is 5.91 Å². The highest BCUT2D eigenvalue weighted by Crippen LogP contribution is 2.28. The number of carbonyl (C=O) groups excluding carboxylic acids is 1. The zero-order valence-corrected chi connectivity index (χ0v) is 14.8. The lowest BCUT2D eigenvalue weighted by atomic mass is 10.1. The van der Waals surface area contributed by atoms with Gasteiger partial charge in [-0.3, -0.25) is 4.79 Å². The van der Waals surface area contributed by atoms with Crippen LogP contribution in [0.2, 0.25) is 0 Å². The van der Waals surface area contributed by atoms with E-state index in [2.05, 4.69) is 10.3 Å². The number of thiophene rings is 1. The minimum absolute atomic E-state index is 0.287. The summed E-state index contributed by atoms with van der Waals surface area (Å²) in [6.45, 7) is 1.69. The number of hydrogen-bond acceptors (Lipinski definition) is 3. The van der Waals surface area contributed by atoms with Crippen LogP contribution in [-0.4, -0.2) is 10.9 Å². The molecule has 2 aromatic carbocycles. The molecule has 0 aliphatic heterocycles. The summed E-state index contributed by atoms with van der Waals surface area (Å²) >= 11 is 1.57. The zero-order chi connectivity index (χ0) is 18.1. The fourth-order valence-corrected chi connectivity index (χ4v) is 3.47. The van der Waals surface area contributed by atoms with Gasteiger partial charge in [-0.25, -0.2) is 9.37 Å². The van der Waals surface area contributed by atoms with Crippen LogP contribution in [0.15, 0.2) is 66.0 Å². The van der Waals surface area contributed by atoms with Gasteiger partial charge in [-0.2, -0.15) is 0 Å². The van der Waals surface area contributed by atoms with Crippen LogP contribution in [0.4, 0.5) is 10.1 Å². The molecule has 128 valence electrons. The molecule has 4 aromatic rings. The third kappa shape index (κ3) is 3.09. The van der Waals surface area contributed by atoms with E-state index in [9.17, 15) is 9.18 Å². The number of aromatic nitrogens is 1. The van der Waals surface area contributed by atoms with Gasteiger partial charge in [0.15, 0.2) is 0 Å². The van der Waals surface area contributed by atoms with Gasteiger partial charge < -0.3 is 5.32 Å². The molecule has 0 bridgehead atoms. The van der Waals surface area contributed by atoms with Crippen molar-refractivity contribution < 1.29 is 9.18 Å². The number of amides is 1. The van der Waals surface area contributed by atoms with Gasteiger partial charge in [0.1, 0.15) is 5.82 Å². The van der Waals surface area contributed by atoms with Gasteiger partial charge in [0.2, 0.25) is 0 Å². The highest BCUT2D eigenvalue weighted by Gasteiger charge is 2.15. The van der Waals surface area contributed by atoms with Crippen molar-refractivity contribution in [3.8, 4) is 10.6 Å². The molecule has 26 heavy (non-hydrogen) atoms. The number of para-hydroxylation sites is 1. The van der Waals surface area contributed by atoms with Crippen molar-refractivity contribution in [3.63, 3.8) is 0 Å². The lowest BCUT2D eigenvalue weighted by Crippen LogP contribution is -2.13. The Bertz CT molecular complexity index is 1110. The monoisotopic (exact) mass is 362 g/mol. The number of nitrogens with zero attached hydrogens (tertiary/aromatic N) is 1. The van der Waals surface area contributed by atoms with Crippen molar-refractivity contribution in [1.82, 2.24) is 4.98 Å². The first-order valence-corrected chi connectivity index (χ1v) is 9.01. The zero-order valence-electron chi connectivity index (χ0n) is 14.0. The van der Waals surface area contributed by atoms with Crippen molar-refractivity contribution >= 4 is 33.8 Å². The number of pyridine rings is 1. The standard InChI is InChI=1S/C21H15FN2OS/c1-13-8-9-14(11-17(13)22)23-21(25)16-12-19(20-7-4-10-26-20)24-18-6-3-2-5-15(16)18/h2-12H,1H3,(H,23,25). The molecule has 4 rings (SSSR count). The number of anilines is 1. The van der Waals surface area contributed by atoms with Crippen molar-refractivity contribution in [2.45, 2.75) is 6.92 Å². The number of benzene rings is 2. The van der Waals surface area contributed by atoms with Gasteiger partial charge >= 0.3 is 0 Å². The molecule has 2 aromatic heterocycles. The van der Waals surface area contributed by atoms with Gasteiger partial charge in [0.05, 0.1) is 21.7 Å². The Kier molecular flexibility index (Phi) is 4.22. The lowest BCUT2D eigenvalue weighted by molar-refractivity contribution is 0.102. The van der Waals surface area contributed by atoms with Crippen LogP contribution in [0.1, 0.15) is 15.9 Å². The lowest BCUT2D eigenvalue weighted by Gasteiger charge is -2.10. The molecule has 0 aliphatic rings. The molecule has 0 aliphatic carbocycles. The number of rotatable bonds is 3. The Labute approximate surface area is 154 Å². The van der Waals surface area contributed by atoms with Crippen LogP contribution in [0, 0.1) is 12.7 Å². The van der Waals surface area contributed by atoms with Crippen LogP contribution in [0.25, 0.3) is 21.5 Å². The van der Waals surface area contributed by atoms with Crippen molar-refractivity contribution in [2.24, 2.45) is 0 Å². The topological polar surface area (TPSA) is 42.0 Å². The number of aryl methyl sites for hydroxylation is 1. The van der Waals surface area contributed by atoms with Crippen LogP contribution in [0.5, 0.6) is 0 Å². The molecule has 1 amide bonds. The van der Waals surface area contributed by atoms with E-state index in [0.29, 0.717) is 16.8 Å². The second kappa shape index (κ2) is 6.69. The maximum atomic E-state index is 13.8. The summed E-state index contributed by atoms with van der Waals surface area (Å²) < 4.78 is 13.8. The molecular formula is C21H15FN2OS. The average Bonchev–Trinajstić information content (AvgIpc) is 3.18. The fraction of sp³-hybridized carbons (Fsp3) is 0.0476. The molecule has 0 saturated carbocycles. The van der Waals surface area contributed by atoms with Crippen LogP contribution < -0.4 is 5.32 Å². The molecule has 0 unspecified atom stereocenters. The normalized spacial score (nSPS) is 10.8. The third-order valence-electron chi connectivity index (χ3n) is 4.16. The first-order valence-electron chi connectivity index (χ1n) is 8.13. The van der Waals surface area contributed by atoms with Gasteiger partial charge in [0, 0.05) is 11.1 Å². The molecule has 2 heterocycles. The number of fused-ring (bicyclic) bond motifs is 1. The first-order chi connectivity index (χ1) is 12.6. The predicted molar refractivity (Wildman–Crippen MR) is 104 cm³/mol. The molecule has 0 fully saturated rings. The SMILES string of the molecule is Cc1ccc(NC(=O)c2cc(-c3cccs3)nc3ccccc23)cc1F. The Balaban J connectivity index is 1.78. The molecule has 0 saturated heterocycles. The van der Waals surface area contributed by atoms with Gasteiger partial charge in [-0.05, 0) is 48.2 Å². The van der Waals surface area contributed by atoms with E-state index >= 15 is 0 Å². The maximum absolute atomic E-state index is 13.8. The molecule has 0 atom stereocenters. The summed E-state index contributed by atoms with van der Waals surface area (Å²) in [7, 11) is 0. The third-order valence-corrected chi connectivity index (χ3v) is 5.06. The smallest absolute Gasteiger partial charge is 0.256 e. The van der Waals surface area contributed by atoms with E-state index in [-0.39, 0.29) is 11.7 Å². The second-order valence-corrected chi connectivity index (χ2v) is 6.92. The van der Waals surface area contributed by atoms with E-state index in [1.165, 1.54) is 6.07 Å². The van der Waals surface area contributed by atoms with Crippen LogP contribution in [-0.2, 0) is 0 Å². The van der Waals surface area contributed by atoms with Crippen LogP contribution in [0.3, 0.4) is 0 Å². The highest BCUT2D eigenvalue weighted by molar-refractivity contribution is 7.13. The minimum Gasteiger partial charge on any atom is -0.322 e. The molecule has 1 N–H and O–H groups in total. The van der Waals surface area contributed by atoms with Crippen molar-refractivity contribution in [1.29, 1.82) is 0 Å².